The van der Waals surface area contributed by atoms with Crippen LogP contribution in [-0.4, -0.2) is 71.8 Å². The van der Waals surface area contributed by atoms with E-state index in [9.17, 15) is 4.79 Å². The SMILES string of the molecule is CN1CCN(CCCNC(=O)c2cc(-c3ccc(Cl)cc3)nn2-c2ccccc2)CC1. The molecule has 0 aliphatic carbocycles. The molecule has 162 valence electrons. The maximum absolute atomic E-state index is 13.0. The van der Waals surface area contributed by atoms with Gasteiger partial charge in [-0.25, -0.2) is 4.68 Å². The number of rotatable bonds is 7. The smallest absolute Gasteiger partial charge is 0.270 e. The Hall–Kier alpha value is -2.67. The molecule has 1 fully saturated rings. The molecule has 1 N–H and O–H groups in total. The number of piperazine rings is 1. The first-order chi connectivity index (χ1) is 15.1. The summed E-state index contributed by atoms with van der Waals surface area (Å²) < 4.78 is 1.71. The second kappa shape index (κ2) is 10.1. The molecule has 2 heterocycles. The fourth-order valence-electron chi connectivity index (χ4n) is 3.74. The minimum atomic E-state index is -0.116. The number of para-hydroxylation sites is 1. The molecule has 0 bridgehead atoms. The fraction of sp³-hybridized carbons (Fsp3) is 0.333. The van der Waals surface area contributed by atoms with Crippen molar-refractivity contribution in [2.75, 3.05) is 46.3 Å². The van der Waals surface area contributed by atoms with E-state index >= 15 is 0 Å². The third kappa shape index (κ3) is 5.53. The minimum Gasteiger partial charge on any atom is -0.351 e. The van der Waals surface area contributed by atoms with Crippen molar-refractivity contribution in [3.63, 3.8) is 0 Å². The molecule has 0 atom stereocenters. The van der Waals surface area contributed by atoms with Gasteiger partial charge >= 0.3 is 0 Å². The van der Waals surface area contributed by atoms with Gasteiger partial charge in [-0.15, -0.1) is 0 Å². The monoisotopic (exact) mass is 437 g/mol. The molecule has 3 aromatic rings. The topological polar surface area (TPSA) is 53.4 Å². The Morgan fingerprint density at radius 2 is 1.74 bits per heavy atom. The summed E-state index contributed by atoms with van der Waals surface area (Å²) in [6.45, 7) is 6.04. The molecule has 1 aliphatic rings. The number of hydrogen-bond acceptors (Lipinski definition) is 4. The Bertz CT molecular complexity index is 995. The summed E-state index contributed by atoms with van der Waals surface area (Å²) >= 11 is 6.02. The van der Waals surface area contributed by atoms with Gasteiger partial charge in [0.05, 0.1) is 11.4 Å². The molecular formula is C24H28ClN5O. The van der Waals surface area contributed by atoms with Crippen LogP contribution in [-0.2, 0) is 0 Å². The van der Waals surface area contributed by atoms with E-state index in [4.69, 9.17) is 16.7 Å². The molecule has 1 amide bonds. The molecule has 1 aliphatic heterocycles. The highest BCUT2D eigenvalue weighted by Crippen LogP contribution is 2.23. The van der Waals surface area contributed by atoms with Crippen molar-refractivity contribution in [3.8, 4) is 16.9 Å². The lowest BCUT2D eigenvalue weighted by atomic mass is 10.1. The largest absolute Gasteiger partial charge is 0.351 e. The summed E-state index contributed by atoms with van der Waals surface area (Å²) in [6, 6.07) is 19.1. The fourth-order valence-corrected chi connectivity index (χ4v) is 3.86. The molecule has 0 unspecified atom stereocenters. The number of likely N-dealkylation sites (N-methyl/N-ethyl adjacent to an activating group) is 1. The molecular weight excluding hydrogens is 410 g/mol. The van der Waals surface area contributed by atoms with Crippen LogP contribution in [0.1, 0.15) is 16.9 Å². The minimum absolute atomic E-state index is 0.116. The van der Waals surface area contributed by atoms with Gasteiger partial charge < -0.3 is 15.1 Å². The number of nitrogens with zero attached hydrogens (tertiary/aromatic N) is 4. The number of carbonyl (C=O) groups excluding carboxylic acids is 1. The summed E-state index contributed by atoms with van der Waals surface area (Å²) in [4.78, 5) is 17.8. The molecule has 2 aromatic carbocycles. The summed E-state index contributed by atoms with van der Waals surface area (Å²) in [6.07, 6.45) is 0.930. The third-order valence-electron chi connectivity index (χ3n) is 5.62. The average molecular weight is 438 g/mol. The molecule has 31 heavy (non-hydrogen) atoms. The first kappa shape index (κ1) is 21.6. The van der Waals surface area contributed by atoms with Gasteiger partial charge in [0.1, 0.15) is 5.69 Å². The van der Waals surface area contributed by atoms with Gasteiger partial charge in [-0.2, -0.15) is 5.10 Å². The van der Waals surface area contributed by atoms with Crippen LogP contribution < -0.4 is 5.32 Å². The van der Waals surface area contributed by atoms with E-state index in [1.165, 1.54) is 0 Å². The van der Waals surface area contributed by atoms with Crippen molar-refractivity contribution < 1.29 is 4.79 Å². The van der Waals surface area contributed by atoms with Gasteiger partial charge in [0.2, 0.25) is 0 Å². The Kier molecular flexibility index (Phi) is 7.02. The summed E-state index contributed by atoms with van der Waals surface area (Å²) in [5.41, 5.74) is 3.03. The Morgan fingerprint density at radius 3 is 2.45 bits per heavy atom. The zero-order valence-electron chi connectivity index (χ0n) is 17.8. The van der Waals surface area contributed by atoms with Crippen LogP contribution in [0.5, 0.6) is 0 Å². The van der Waals surface area contributed by atoms with Crippen molar-refractivity contribution >= 4 is 17.5 Å². The molecule has 1 aromatic heterocycles. The van der Waals surface area contributed by atoms with E-state index < -0.39 is 0 Å². The highest BCUT2D eigenvalue weighted by molar-refractivity contribution is 6.30. The van der Waals surface area contributed by atoms with Gasteiger partial charge in [0.25, 0.3) is 5.91 Å². The van der Waals surface area contributed by atoms with Crippen molar-refractivity contribution in [2.45, 2.75) is 6.42 Å². The Balaban J connectivity index is 1.45. The lowest BCUT2D eigenvalue weighted by Crippen LogP contribution is -2.45. The van der Waals surface area contributed by atoms with Crippen LogP contribution in [0.4, 0.5) is 0 Å². The first-order valence-electron chi connectivity index (χ1n) is 10.7. The predicted molar refractivity (Wildman–Crippen MR) is 125 cm³/mol. The maximum Gasteiger partial charge on any atom is 0.270 e. The third-order valence-corrected chi connectivity index (χ3v) is 5.87. The van der Waals surface area contributed by atoms with Gasteiger partial charge in [-0.3, -0.25) is 4.79 Å². The second-order valence-corrected chi connectivity index (χ2v) is 8.36. The van der Waals surface area contributed by atoms with E-state index in [0.29, 0.717) is 17.3 Å². The lowest BCUT2D eigenvalue weighted by Gasteiger charge is -2.32. The molecule has 0 spiro atoms. The van der Waals surface area contributed by atoms with Crippen LogP contribution >= 0.6 is 11.6 Å². The zero-order valence-corrected chi connectivity index (χ0v) is 18.6. The Morgan fingerprint density at radius 1 is 1.03 bits per heavy atom. The summed E-state index contributed by atoms with van der Waals surface area (Å²) in [5, 5.41) is 8.45. The molecule has 1 saturated heterocycles. The Labute approximate surface area is 188 Å². The maximum atomic E-state index is 13.0. The number of hydrogen-bond donors (Lipinski definition) is 1. The number of aromatic nitrogens is 2. The number of carbonyl (C=O) groups is 1. The van der Waals surface area contributed by atoms with Crippen LogP contribution in [0, 0.1) is 0 Å². The summed E-state index contributed by atoms with van der Waals surface area (Å²) in [7, 11) is 2.16. The standard InChI is InChI=1S/C24H28ClN5O/c1-28-14-16-29(17-15-28)13-5-12-26-24(31)23-18-22(19-8-10-20(25)11-9-19)27-30(23)21-6-3-2-4-7-21/h2-4,6-11,18H,5,12-17H2,1H3,(H,26,31). The highest BCUT2D eigenvalue weighted by Gasteiger charge is 2.18. The number of benzene rings is 2. The molecule has 7 heteroatoms. The number of amides is 1. The molecule has 6 nitrogen and oxygen atoms in total. The first-order valence-corrected chi connectivity index (χ1v) is 11.1. The van der Waals surface area contributed by atoms with E-state index in [2.05, 4.69) is 22.2 Å². The second-order valence-electron chi connectivity index (χ2n) is 7.92. The molecule has 4 rings (SSSR count). The molecule has 0 saturated carbocycles. The van der Waals surface area contributed by atoms with Crippen molar-refractivity contribution in [1.29, 1.82) is 0 Å². The van der Waals surface area contributed by atoms with E-state index in [1.54, 1.807) is 4.68 Å². The normalized spacial score (nSPS) is 15.2. The van der Waals surface area contributed by atoms with Crippen molar-refractivity contribution in [1.82, 2.24) is 24.9 Å². The predicted octanol–water partition coefficient (Wildman–Crippen LogP) is 3.56. The van der Waals surface area contributed by atoms with E-state index in [1.807, 2.05) is 60.7 Å². The van der Waals surface area contributed by atoms with Gasteiger partial charge in [0, 0.05) is 43.3 Å². The van der Waals surface area contributed by atoms with Crippen LogP contribution in [0.15, 0.2) is 60.7 Å². The number of nitrogens with one attached hydrogen (secondary N) is 1. The summed E-state index contributed by atoms with van der Waals surface area (Å²) in [5.74, 6) is -0.116. The van der Waals surface area contributed by atoms with E-state index in [-0.39, 0.29) is 5.91 Å². The van der Waals surface area contributed by atoms with Gasteiger partial charge in [-0.1, -0.05) is 41.9 Å². The van der Waals surface area contributed by atoms with Crippen LogP contribution in [0.25, 0.3) is 16.9 Å². The van der Waals surface area contributed by atoms with Gasteiger partial charge in [-0.05, 0) is 50.3 Å². The zero-order chi connectivity index (χ0) is 21.6. The highest BCUT2D eigenvalue weighted by atomic mass is 35.5. The number of halogens is 1. The van der Waals surface area contributed by atoms with Gasteiger partial charge in [0.15, 0.2) is 0 Å². The van der Waals surface area contributed by atoms with Crippen LogP contribution in [0.3, 0.4) is 0 Å². The lowest BCUT2D eigenvalue weighted by molar-refractivity contribution is 0.0941. The van der Waals surface area contributed by atoms with Crippen LogP contribution in [0.2, 0.25) is 5.02 Å². The van der Waals surface area contributed by atoms with Crippen molar-refractivity contribution in [3.05, 3.63) is 71.4 Å². The average Bonchev–Trinajstić information content (AvgIpc) is 3.24. The van der Waals surface area contributed by atoms with E-state index in [0.717, 1.165) is 56.1 Å². The molecule has 0 radical (unpaired) electrons. The van der Waals surface area contributed by atoms with Crippen molar-refractivity contribution in [2.24, 2.45) is 0 Å². The quantitative estimate of drug-likeness (QED) is 0.574.